The van der Waals surface area contributed by atoms with Gasteiger partial charge < -0.3 is 10.1 Å². The second-order valence-corrected chi connectivity index (χ2v) is 6.39. The third-order valence-corrected chi connectivity index (χ3v) is 4.55. The number of carbonyl (C=O) groups excluding carboxylic acids is 1. The fourth-order valence-corrected chi connectivity index (χ4v) is 3.09. The van der Waals surface area contributed by atoms with Crippen molar-refractivity contribution >= 4 is 17.2 Å². The van der Waals surface area contributed by atoms with E-state index < -0.39 is 0 Å². The number of aryl methyl sites for hydroxylation is 1. The van der Waals surface area contributed by atoms with Crippen molar-refractivity contribution in [3.05, 3.63) is 53.2 Å². The van der Waals surface area contributed by atoms with Crippen molar-refractivity contribution in [1.29, 1.82) is 0 Å². The summed E-state index contributed by atoms with van der Waals surface area (Å²) in [4.78, 5) is 17.4. The Labute approximate surface area is 150 Å². The molecule has 0 fully saturated rings. The van der Waals surface area contributed by atoms with Crippen molar-refractivity contribution in [2.75, 3.05) is 13.2 Å². The number of carbonyl (C=O) groups is 1. The number of amides is 1. The number of thiophene rings is 1. The van der Waals surface area contributed by atoms with E-state index >= 15 is 0 Å². The standard InChI is InChI=1S/C18H20N4O2S/c1-3-24-17-7-6-14(12-20-17)18(23)19-8-9-22-13(2)11-15(21-22)16-5-4-10-25-16/h4-7,10-12H,3,8-9H2,1-2H3,(H,19,23). The minimum atomic E-state index is -0.154. The molecule has 6 nitrogen and oxygen atoms in total. The molecule has 0 saturated carbocycles. The molecule has 1 amide bonds. The van der Waals surface area contributed by atoms with E-state index in [1.165, 1.54) is 6.20 Å². The third-order valence-electron chi connectivity index (χ3n) is 3.65. The van der Waals surface area contributed by atoms with E-state index in [2.05, 4.69) is 27.5 Å². The summed E-state index contributed by atoms with van der Waals surface area (Å²) in [7, 11) is 0. The lowest BCUT2D eigenvalue weighted by atomic mass is 10.2. The average molecular weight is 356 g/mol. The molecular formula is C18H20N4O2S. The number of nitrogens with one attached hydrogen (secondary N) is 1. The topological polar surface area (TPSA) is 69.0 Å². The SMILES string of the molecule is CCOc1ccc(C(=O)NCCn2nc(-c3cccs3)cc2C)cn1. The lowest BCUT2D eigenvalue weighted by molar-refractivity contribution is 0.0951. The molecule has 3 aromatic heterocycles. The monoisotopic (exact) mass is 356 g/mol. The Hall–Kier alpha value is -2.67. The highest BCUT2D eigenvalue weighted by atomic mass is 32.1. The van der Waals surface area contributed by atoms with Gasteiger partial charge in [0.25, 0.3) is 5.91 Å². The van der Waals surface area contributed by atoms with Gasteiger partial charge in [-0.3, -0.25) is 9.48 Å². The maximum absolute atomic E-state index is 12.2. The molecule has 0 atom stereocenters. The molecule has 3 rings (SSSR count). The number of hydrogen-bond donors (Lipinski definition) is 1. The van der Waals surface area contributed by atoms with Crippen molar-refractivity contribution in [3.8, 4) is 16.5 Å². The van der Waals surface area contributed by atoms with Gasteiger partial charge in [0.15, 0.2) is 0 Å². The maximum atomic E-state index is 12.2. The van der Waals surface area contributed by atoms with Gasteiger partial charge in [0.2, 0.25) is 5.88 Å². The minimum Gasteiger partial charge on any atom is -0.478 e. The van der Waals surface area contributed by atoms with Crippen molar-refractivity contribution in [1.82, 2.24) is 20.1 Å². The van der Waals surface area contributed by atoms with Gasteiger partial charge in [-0.15, -0.1) is 11.3 Å². The maximum Gasteiger partial charge on any atom is 0.252 e. The molecule has 0 radical (unpaired) electrons. The largest absolute Gasteiger partial charge is 0.478 e. The summed E-state index contributed by atoms with van der Waals surface area (Å²) in [5.41, 5.74) is 2.55. The molecule has 3 aromatic rings. The molecular weight excluding hydrogens is 336 g/mol. The van der Waals surface area contributed by atoms with Gasteiger partial charge in [-0.2, -0.15) is 5.10 Å². The fraction of sp³-hybridized carbons (Fsp3) is 0.278. The average Bonchev–Trinajstić information content (AvgIpc) is 3.26. The van der Waals surface area contributed by atoms with Gasteiger partial charge in [-0.05, 0) is 37.4 Å². The zero-order chi connectivity index (χ0) is 17.6. The molecule has 0 saturated heterocycles. The van der Waals surface area contributed by atoms with Crippen LogP contribution in [0.25, 0.3) is 10.6 Å². The van der Waals surface area contributed by atoms with Gasteiger partial charge in [-0.25, -0.2) is 4.98 Å². The highest BCUT2D eigenvalue weighted by Crippen LogP contribution is 2.23. The molecule has 25 heavy (non-hydrogen) atoms. The fourth-order valence-electron chi connectivity index (χ4n) is 2.41. The summed E-state index contributed by atoms with van der Waals surface area (Å²) in [5, 5.41) is 9.53. The summed E-state index contributed by atoms with van der Waals surface area (Å²) >= 11 is 1.67. The number of hydrogen-bond acceptors (Lipinski definition) is 5. The summed E-state index contributed by atoms with van der Waals surface area (Å²) in [6, 6.07) is 9.53. The predicted molar refractivity (Wildman–Crippen MR) is 98.0 cm³/mol. The number of aromatic nitrogens is 3. The van der Waals surface area contributed by atoms with Gasteiger partial charge in [0, 0.05) is 24.5 Å². The summed E-state index contributed by atoms with van der Waals surface area (Å²) in [5.74, 6) is 0.367. The first-order chi connectivity index (χ1) is 12.2. The Balaban J connectivity index is 1.55. The Bertz CT molecular complexity index is 825. The van der Waals surface area contributed by atoms with Gasteiger partial charge >= 0.3 is 0 Å². The van der Waals surface area contributed by atoms with Gasteiger partial charge in [-0.1, -0.05) is 6.07 Å². The highest BCUT2D eigenvalue weighted by Gasteiger charge is 2.09. The first kappa shape index (κ1) is 17.2. The van der Waals surface area contributed by atoms with Crippen LogP contribution in [-0.2, 0) is 6.54 Å². The first-order valence-electron chi connectivity index (χ1n) is 8.12. The molecule has 0 aliphatic heterocycles. The smallest absolute Gasteiger partial charge is 0.252 e. The molecule has 0 aliphatic rings. The molecule has 0 bridgehead atoms. The number of pyridine rings is 1. The van der Waals surface area contributed by atoms with Crippen LogP contribution in [-0.4, -0.2) is 33.8 Å². The van der Waals surface area contributed by atoms with E-state index in [-0.39, 0.29) is 5.91 Å². The number of rotatable bonds is 7. The highest BCUT2D eigenvalue weighted by molar-refractivity contribution is 7.13. The normalized spacial score (nSPS) is 10.6. The van der Waals surface area contributed by atoms with Crippen LogP contribution >= 0.6 is 11.3 Å². The van der Waals surface area contributed by atoms with Crippen LogP contribution in [0.4, 0.5) is 0 Å². The molecule has 0 unspecified atom stereocenters. The van der Waals surface area contributed by atoms with Gasteiger partial charge in [0.1, 0.15) is 5.69 Å². The van der Waals surface area contributed by atoms with Crippen LogP contribution in [0.5, 0.6) is 5.88 Å². The number of nitrogens with zero attached hydrogens (tertiary/aromatic N) is 3. The summed E-state index contributed by atoms with van der Waals surface area (Å²) < 4.78 is 7.18. The molecule has 1 N–H and O–H groups in total. The molecule has 0 spiro atoms. The van der Waals surface area contributed by atoms with E-state index in [0.717, 1.165) is 16.3 Å². The second kappa shape index (κ2) is 7.94. The van der Waals surface area contributed by atoms with E-state index in [0.29, 0.717) is 31.1 Å². The Morgan fingerprint density at radius 2 is 2.24 bits per heavy atom. The minimum absolute atomic E-state index is 0.154. The molecule has 3 heterocycles. The second-order valence-electron chi connectivity index (χ2n) is 5.45. The Morgan fingerprint density at radius 3 is 2.92 bits per heavy atom. The zero-order valence-corrected chi connectivity index (χ0v) is 15.0. The van der Waals surface area contributed by atoms with Crippen molar-refractivity contribution in [2.45, 2.75) is 20.4 Å². The van der Waals surface area contributed by atoms with Crippen LogP contribution in [0.3, 0.4) is 0 Å². The number of ether oxygens (including phenoxy) is 1. The lowest BCUT2D eigenvalue weighted by Gasteiger charge is -2.07. The van der Waals surface area contributed by atoms with E-state index in [9.17, 15) is 4.79 Å². The molecule has 0 aliphatic carbocycles. The van der Waals surface area contributed by atoms with Crippen LogP contribution in [0, 0.1) is 6.92 Å². The van der Waals surface area contributed by atoms with Crippen molar-refractivity contribution in [3.63, 3.8) is 0 Å². The zero-order valence-electron chi connectivity index (χ0n) is 14.2. The molecule has 0 aromatic carbocycles. The third kappa shape index (κ3) is 4.24. The van der Waals surface area contributed by atoms with Crippen LogP contribution in [0.1, 0.15) is 23.0 Å². The summed E-state index contributed by atoms with van der Waals surface area (Å²) in [6.07, 6.45) is 1.52. The van der Waals surface area contributed by atoms with E-state index in [1.54, 1.807) is 23.5 Å². The molecule has 7 heteroatoms. The van der Waals surface area contributed by atoms with Gasteiger partial charge in [0.05, 0.1) is 23.6 Å². The van der Waals surface area contributed by atoms with E-state index in [1.807, 2.05) is 30.0 Å². The first-order valence-corrected chi connectivity index (χ1v) is 9.00. The van der Waals surface area contributed by atoms with Crippen LogP contribution in [0.15, 0.2) is 41.9 Å². The van der Waals surface area contributed by atoms with Crippen LogP contribution < -0.4 is 10.1 Å². The quantitative estimate of drug-likeness (QED) is 0.706. The Morgan fingerprint density at radius 1 is 1.36 bits per heavy atom. The lowest BCUT2D eigenvalue weighted by Crippen LogP contribution is -2.27. The summed E-state index contributed by atoms with van der Waals surface area (Å²) in [6.45, 7) is 5.58. The van der Waals surface area contributed by atoms with Crippen molar-refractivity contribution < 1.29 is 9.53 Å². The van der Waals surface area contributed by atoms with E-state index in [4.69, 9.17) is 4.74 Å². The predicted octanol–water partition coefficient (Wildman–Crippen LogP) is 3.14. The van der Waals surface area contributed by atoms with Crippen LogP contribution in [0.2, 0.25) is 0 Å². The Kier molecular flexibility index (Phi) is 5.45. The van der Waals surface area contributed by atoms with Crippen molar-refractivity contribution in [2.24, 2.45) is 0 Å². The molecule has 130 valence electrons.